The van der Waals surface area contributed by atoms with Gasteiger partial charge in [-0.2, -0.15) is 10.2 Å². The summed E-state index contributed by atoms with van der Waals surface area (Å²) in [7, 11) is 3.73. The Morgan fingerprint density at radius 1 is 1.32 bits per heavy atom. The maximum absolute atomic E-state index is 14.3. The van der Waals surface area contributed by atoms with Crippen LogP contribution in [-0.4, -0.2) is 41.6 Å². The fourth-order valence-corrected chi connectivity index (χ4v) is 4.08. The molecule has 0 aliphatic heterocycles. The lowest BCUT2D eigenvalue weighted by molar-refractivity contribution is -0.123. The standard InChI is InChI=1S/C22H29FN4O/c1-14(2)15-10-11-22(3,24-20(28)13-27(4)5)21-17(15)12-19(25-26-21)16-8-6-7-9-18(16)23/h6-9,12,14-15H,10-11,13H2,1-5H3,(H,24,28)/t15-,22+/m1/s1. The van der Waals surface area contributed by atoms with Crippen LogP contribution in [0.4, 0.5) is 4.39 Å². The van der Waals surface area contributed by atoms with Crippen molar-refractivity contribution in [2.24, 2.45) is 5.92 Å². The number of hydrogen-bond acceptors (Lipinski definition) is 4. The number of carbonyl (C=O) groups is 1. The zero-order chi connectivity index (χ0) is 20.5. The second-order valence-electron chi connectivity index (χ2n) is 8.52. The molecule has 0 radical (unpaired) electrons. The van der Waals surface area contributed by atoms with E-state index < -0.39 is 5.54 Å². The minimum Gasteiger partial charge on any atom is -0.344 e. The largest absolute Gasteiger partial charge is 0.344 e. The summed E-state index contributed by atoms with van der Waals surface area (Å²) in [6, 6.07) is 8.57. The van der Waals surface area contributed by atoms with Crippen LogP contribution < -0.4 is 5.32 Å². The first-order valence-corrected chi connectivity index (χ1v) is 9.80. The summed E-state index contributed by atoms with van der Waals surface area (Å²) in [5.74, 6) is 0.366. The number of nitrogens with one attached hydrogen (secondary N) is 1. The number of benzene rings is 1. The summed E-state index contributed by atoms with van der Waals surface area (Å²) in [5.41, 5.74) is 2.26. The lowest BCUT2D eigenvalue weighted by atomic mass is 9.71. The molecule has 2 aromatic rings. The van der Waals surface area contributed by atoms with E-state index in [1.807, 2.05) is 32.0 Å². The molecule has 1 aliphatic carbocycles. The lowest BCUT2D eigenvalue weighted by Gasteiger charge is -2.40. The van der Waals surface area contributed by atoms with Gasteiger partial charge in [0.05, 0.1) is 23.5 Å². The molecule has 28 heavy (non-hydrogen) atoms. The normalized spacial score (nSPS) is 21.6. The molecule has 1 heterocycles. The number of fused-ring (bicyclic) bond motifs is 1. The van der Waals surface area contributed by atoms with Gasteiger partial charge >= 0.3 is 0 Å². The Morgan fingerprint density at radius 2 is 2.04 bits per heavy atom. The van der Waals surface area contributed by atoms with Crippen LogP contribution in [0.15, 0.2) is 30.3 Å². The van der Waals surface area contributed by atoms with E-state index in [2.05, 4.69) is 29.4 Å². The second kappa shape index (κ2) is 7.95. The number of hydrogen-bond donors (Lipinski definition) is 1. The van der Waals surface area contributed by atoms with Crippen LogP contribution in [0.2, 0.25) is 0 Å². The third-order valence-corrected chi connectivity index (χ3v) is 5.53. The number of rotatable bonds is 5. The molecule has 2 atom stereocenters. The number of aromatic nitrogens is 2. The van der Waals surface area contributed by atoms with Crippen molar-refractivity contribution in [2.75, 3.05) is 20.6 Å². The molecule has 0 spiro atoms. The van der Waals surface area contributed by atoms with E-state index >= 15 is 0 Å². The number of amides is 1. The SMILES string of the molecule is CC(C)[C@H]1CC[C@](C)(NC(=O)CN(C)C)c2nnc(-c3ccccc3F)cc21. The fraction of sp³-hybridized carbons (Fsp3) is 0.500. The molecule has 1 aliphatic rings. The van der Waals surface area contributed by atoms with Crippen LogP contribution in [-0.2, 0) is 10.3 Å². The summed E-state index contributed by atoms with van der Waals surface area (Å²) in [4.78, 5) is 14.3. The van der Waals surface area contributed by atoms with Gasteiger partial charge in [0.25, 0.3) is 0 Å². The van der Waals surface area contributed by atoms with Crippen LogP contribution in [0, 0.1) is 11.7 Å². The van der Waals surface area contributed by atoms with Crippen molar-refractivity contribution in [3.8, 4) is 11.3 Å². The highest BCUT2D eigenvalue weighted by Gasteiger charge is 2.40. The van der Waals surface area contributed by atoms with Crippen molar-refractivity contribution in [3.63, 3.8) is 0 Å². The number of halogens is 1. The average Bonchev–Trinajstić information content (AvgIpc) is 2.60. The van der Waals surface area contributed by atoms with E-state index in [1.54, 1.807) is 18.2 Å². The highest BCUT2D eigenvalue weighted by Crippen LogP contribution is 2.44. The fourth-order valence-electron chi connectivity index (χ4n) is 4.08. The van der Waals surface area contributed by atoms with Crippen LogP contribution in [0.3, 0.4) is 0 Å². The number of nitrogens with zero attached hydrogens (tertiary/aromatic N) is 3. The minimum absolute atomic E-state index is 0.0403. The van der Waals surface area contributed by atoms with Gasteiger partial charge in [-0.15, -0.1) is 0 Å². The van der Waals surface area contributed by atoms with Gasteiger partial charge in [0, 0.05) is 5.56 Å². The molecular weight excluding hydrogens is 355 g/mol. The van der Waals surface area contributed by atoms with Gasteiger partial charge in [0.15, 0.2) is 0 Å². The Balaban J connectivity index is 2.04. The van der Waals surface area contributed by atoms with Crippen LogP contribution in [0.1, 0.15) is 50.8 Å². The average molecular weight is 384 g/mol. The molecule has 6 heteroatoms. The first-order valence-electron chi connectivity index (χ1n) is 9.80. The number of likely N-dealkylation sites (N-methyl/N-ethyl adjacent to an activating group) is 1. The molecule has 3 rings (SSSR count). The summed E-state index contributed by atoms with van der Waals surface area (Å²) >= 11 is 0. The van der Waals surface area contributed by atoms with Crippen molar-refractivity contribution in [2.45, 2.75) is 45.1 Å². The molecular formula is C22H29FN4O. The molecule has 150 valence electrons. The van der Waals surface area contributed by atoms with Crippen molar-refractivity contribution >= 4 is 5.91 Å². The molecule has 1 aromatic carbocycles. The molecule has 1 aromatic heterocycles. The molecule has 0 bridgehead atoms. The first-order chi connectivity index (χ1) is 13.2. The molecule has 0 saturated carbocycles. The Kier molecular flexibility index (Phi) is 5.79. The van der Waals surface area contributed by atoms with Gasteiger partial charge in [0.2, 0.25) is 5.91 Å². The quantitative estimate of drug-likeness (QED) is 0.854. The van der Waals surface area contributed by atoms with E-state index in [9.17, 15) is 9.18 Å². The predicted molar refractivity (Wildman–Crippen MR) is 108 cm³/mol. The van der Waals surface area contributed by atoms with Crippen molar-refractivity contribution in [3.05, 3.63) is 47.4 Å². The molecule has 1 N–H and O–H groups in total. The molecule has 0 unspecified atom stereocenters. The van der Waals surface area contributed by atoms with E-state index in [0.29, 0.717) is 29.6 Å². The Hall–Kier alpha value is -2.34. The van der Waals surface area contributed by atoms with E-state index in [-0.39, 0.29) is 11.7 Å². The van der Waals surface area contributed by atoms with Gasteiger partial charge in [-0.05, 0) is 69.5 Å². The third-order valence-electron chi connectivity index (χ3n) is 5.53. The maximum Gasteiger partial charge on any atom is 0.234 e. The van der Waals surface area contributed by atoms with Crippen LogP contribution >= 0.6 is 0 Å². The summed E-state index contributed by atoms with van der Waals surface area (Å²) in [5, 5.41) is 12.0. The Morgan fingerprint density at radius 3 is 2.68 bits per heavy atom. The highest BCUT2D eigenvalue weighted by molar-refractivity contribution is 5.79. The summed E-state index contributed by atoms with van der Waals surface area (Å²) in [6.45, 7) is 6.70. The second-order valence-corrected chi connectivity index (χ2v) is 8.52. The monoisotopic (exact) mass is 384 g/mol. The zero-order valence-corrected chi connectivity index (χ0v) is 17.3. The Bertz CT molecular complexity index is 867. The smallest absolute Gasteiger partial charge is 0.234 e. The maximum atomic E-state index is 14.3. The molecule has 5 nitrogen and oxygen atoms in total. The zero-order valence-electron chi connectivity index (χ0n) is 17.3. The van der Waals surface area contributed by atoms with Crippen molar-refractivity contribution in [1.82, 2.24) is 20.4 Å². The lowest BCUT2D eigenvalue weighted by Crippen LogP contribution is -2.49. The number of carbonyl (C=O) groups excluding carboxylic acids is 1. The molecule has 1 amide bonds. The van der Waals surface area contributed by atoms with E-state index in [4.69, 9.17) is 0 Å². The van der Waals surface area contributed by atoms with Gasteiger partial charge in [0.1, 0.15) is 5.82 Å². The first kappa shape index (κ1) is 20.4. The summed E-state index contributed by atoms with van der Waals surface area (Å²) < 4.78 is 14.3. The van der Waals surface area contributed by atoms with Crippen LogP contribution in [0.25, 0.3) is 11.3 Å². The van der Waals surface area contributed by atoms with Crippen molar-refractivity contribution in [1.29, 1.82) is 0 Å². The minimum atomic E-state index is -0.575. The third kappa shape index (κ3) is 4.07. The van der Waals surface area contributed by atoms with Gasteiger partial charge in [-0.1, -0.05) is 26.0 Å². The summed E-state index contributed by atoms with van der Waals surface area (Å²) in [6.07, 6.45) is 1.74. The topological polar surface area (TPSA) is 58.1 Å². The van der Waals surface area contributed by atoms with Gasteiger partial charge in [-0.25, -0.2) is 4.39 Å². The van der Waals surface area contributed by atoms with Crippen molar-refractivity contribution < 1.29 is 9.18 Å². The van der Waals surface area contributed by atoms with Gasteiger partial charge in [-0.3, -0.25) is 4.79 Å². The van der Waals surface area contributed by atoms with E-state index in [1.165, 1.54) is 6.07 Å². The predicted octanol–water partition coefficient (Wildman–Crippen LogP) is 3.71. The van der Waals surface area contributed by atoms with Crippen LogP contribution in [0.5, 0.6) is 0 Å². The molecule has 0 saturated heterocycles. The Labute approximate surface area is 166 Å². The highest BCUT2D eigenvalue weighted by atomic mass is 19.1. The van der Waals surface area contributed by atoms with E-state index in [0.717, 1.165) is 24.1 Å². The van der Waals surface area contributed by atoms with Gasteiger partial charge < -0.3 is 10.2 Å². The molecule has 0 fully saturated rings.